The maximum absolute atomic E-state index is 11.8. The van der Waals surface area contributed by atoms with Gasteiger partial charge in [-0.15, -0.1) is 0 Å². The van der Waals surface area contributed by atoms with Gasteiger partial charge in [-0.05, 0) is 18.2 Å². The Labute approximate surface area is 129 Å². The second kappa shape index (κ2) is 7.88. The molecule has 21 heavy (non-hydrogen) atoms. The molecule has 1 atom stereocenters. The summed E-state index contributed by atoms with van der Waals surface area (Å²) in [5.74, 6) is 2.76. The number of hydrogen-bond donors (Lipinski definition) is 2. The van der Waals surface area contributed by atoms with E-state index in [4.69, 9.17) is 0 Å². The Balaban J connectivity index is 1.93. The maximum Gasteiger partial charge on any atom is 0.221 e. The van der Waals surface area contributed by atoms with Crippen LogP contribution in [0.3, 0.4) is 0 Å². The van der Waals surface area contributed by atoms with Crippen molar-refractivity contribution in [3.05, 3.63) is 42.4 Å². The molecule has 1 amide bonds. The molecular formula is C16H21N3OS. The number of nitrogens with zero attached hydrogens (tertiary/aromatic N) is 1. The van der Waals surface area contributed by atoms with Crippen molar-refractivity contribution >= 4 is 17.7 Å². The van der Waals surface area contributed by atoms with Gasteiger partial charge < -0.3 is 10.3 Å². The van der Waals surface area contributed by atoms with Gasteiger partial charge in [0.15, 0.2) is 0 Å². The summed E-state index contributed by atoms with van der Waals surface area (Å²) in [6, 6.07) is 9.92. The topological polar surface area (TPSA) is 57.8 Å². The number of carbonyl (C=O) groups is 1. The Kier molecular flexibility index (Phi) is 5.87. The quantitative estimate of drug-likeness (QED) is 0.771. The minimum Gasteiger partial charge on any atom is -0.346 e. The number of amides is 1. The van der Waals surface area contributed by atoms with Crippen LogP contribution < -0.4 is 5.32 Å². The lowest BCUT2D eigenvalue weighted by molar-refractivity contribution is -0.121. The van der Waals surface area contributed by atoms with Gasteiger partial charge in [0.2, 0.25) is 5.91 Å². The van der Waals surface area contributed by atoms with E-state index in [0.717, 1.165) is 28.6 Å². The van der Waals surface area contributed by atoms with Crippen molar-refractivity contribution in [2.75, 3.05) is 11.5 Å². The van der Waals surface area contributed by atoms with Crippen LogP contribution in [0.5, 0.6) is 0 Å². The third-order valence-electron chi connectivity index (χ3n) is 3.15. The molecule has 0 saturated heterocycles. The number of benzene rings is 1. The van der Waals surface area contributed by atoms with Crippen LogP contribution in [0.4, 0.5) is 0 Å². The van der Waals surface area contributed by atoms with E-state index in [9.17, 15) is 4.79 Å². The van der Waals surface area contributed by atoms with Crippen molar-refractivity contribution in [1.29, 1.82) is 0 Å². The van der Waals surface area contributed by atoms with E-state index < -0.39 is 0 Å². The van der Waals surface area contributed by atoms with E-state index in [1.807, 2.05) is 37.3 Å². The minimum absolute atomic E-state index is 0.0705. The molecule has 1 aromatic heterocycles. The standard InChI is InChI=1S/C16H21N3OS/c1-3-21-10-9-15(20)18-12(2)16-17-11-14(19-16)13-7-5-4-6-8-13/h4-8,11-12H,3,9-10H2,1-2H3,(H,17,19)(H,18,20)/t12-/m1/s1. The highest BCUT2D eigenvalue weighted by Gasteiger charge is 2.13. The molecule has 4 nitrogen and oxygen atoms in total. The van der Waals surface area contributed by atoms with Crippen LogP contribution >= 0.6 is 11.8 Å². The third-order valence-corrected chi connectivity index (χ3v) is 4.05. The fourth-order valence-electron chi connectivity index (χ4n) is 2.01. The SMILES string of the molecule is CCSCCC(=O)N[C@H](C)c1ncc(-c2ccccc2)[nH]1. The van der Waals surface area contributed by atoms with E-state index >= 15 is 0 Å². The fourth-order valence-corrected chi connectivity index (χ4v) is 2.63. The average Bonchev–Trinajstić information content (AvgIpc) is 2.98. The van der Waals surface area contributed by atoms with Crippen LogP contribution in [0.2, 0.25) is 0 Å². The summed E-state index contributed by atoms with van der Waals surface area (Å²) in [5.41, 5.74) is 2.06. The van der Waals surface area contributed by atoms with Crippen LogP contribution in [0, 0.1) is 0 Å². The molecule has 5 heteroatoms. The van der Waals surface area contributed by atoms with Crippen molar-refractivity contribution in [2.24, 2.45) is 0 Å². The number of aromatic amines is 1. The van der Waals surface area contributed by atoms with Gasteiger partial charge >= 0.3 is 0 Å². The summed E-state index contributed by atoms with van der Waals surface area (Å²) in [5, 5.41) is 2.97. The number of nitrogens with one attached hydrogen (secondary N) is 2. The summed E-state index contributed by atoms with van der Waals surface area (Å²) in [4.78, 5) is 19.4. The van der Waals surface area contributed by atoms with Gasteiger partial charge in [0.1, 0.15) is 5.82 Å². The molecule has 0 fully saturated rings. The van der Waals surface area contributed by atoms with E-state index in [-0.39, 0.29) is 11.9 Å². The van der Waals surface area contributed by atoms with Gasteiger partial charge in [-0.3, -0.25) is 4.79 Å². The molecule has 1 heterocycles. The molecule has 0 radical (unpaired) electrons. The van der Waals surface area contributed by atoms with Gasteiger partial charge in [0, 0.05) is 12.2 Å². The Morgan fingerprint density at radius 2 is 2.14 bits per heavy atom. The predicted molar refractivity (Wildman–Crippen MR) is 88.2 cm³/mol. The second-order valence-corrected chi connectivity index (χ2v) is 6.18. The largest absolute Gasteiger partial charge is 0.346 e. The van der Waals surface area contributed by atoms with Crippen molar-refractivity contribution in [2.45, 2.75) is 26.3 Å². The summed E-state index contributed by atoms with van der Waals surface area (Å²) in [6.07, 6.45) is 2.36. The van der Waals surface area contributed by atoms with Crippen molar-refractivity contribution in [3.8, 4) is 11.3 Å². The molecule has 0 unspecified atom stereocenters. The van der Waals surface area contributed by atoms with E-state index in [1.54, 1.807) is 18.0 Å². The first-order valence-electron chi connectivity index (χ1n) is 7.18. The molecule has 112 valence electrons. The van der Waals surface area contributed by atoms with Crippen LogP contribution in [-0.2, 0) is 4.79 Å². The molecule has 1 aromatic carbocycles. The first kappa shape index (κ1) is 15.6. The number of carbonyl (C=O) groups excluding carboxylic acids is 1. The van der Waals surface area contributed by atoms with Crippen molar-refractivity contribution in [3.63, 3.8) is 0 Å². The summed E-state index contributed by atoms with van der Waals surface area (Å²) in [6.45, 7) is 4.04. The van der Waals surface area contributed by atoms with E-state index in [0.29, 0.717) is 6.42 Å². The minimum atomic E-state index is -0.110. The van der Waals surface area contributed by atoms with Gasteiger partial charge in [0.25, 0.3) is 0 Å². The van der Waals surface area contributed by atoms with Gasteiger partial charge in [0.05, 0.1) is 17.9 Å². The Bertz CT molecular complexity index is 568. The smallest absolute Gasteiger partial charge is 0.221 e. The third kappa shape index (κ3) is 4.63. The lowest BCUT2D eigenvalue weighted by atomic mass is 10.2. The molecule has 0 aliphatic carbocycles. The van der Waals surface area contributed by atoms with E-state index in [2.05, 4.69) is 22.2 Å². The highest BCUT2D eigenvalue weighted by molar-refractivity contribution is 7.99. The van der Waals surface area contributed by atoms with Crippen molar-refractivity contribution in [1.82, 2.24) is 15.3 Å². The van der Waals surface area contributed by atoms with Crippen molar-refractivity contribution < 1.29 is 4.79 Å². The van der Waals surface area contributed by atoms with Crippen LogP contribution in [0.1, 0.15) is 32.1 Å². The normalized spacial score (nSPS) is 12.1. The zero-order valence-corrected chi connectivity index (χ0v) is 13.2. The monoisotopic (exact) mass is 303 g/mol. The summed E-state index contributed by atoms with van der Waals surface area (Å²) >= 11 is 1.78. The first-order valence-corrected chi connectivity index (χ1v) is 8.33. The Hall–Kier alpha value is -1.75. The van der Waals surface area contributed by atoms with Gasteiger partial charge in [-0.2, -0.15) is 11.8 Å². The lowest BCUT2D eigenvalue weighted by Crippen LogP contribution is -2.27. The molecule has 0 saturated carbocycles. The number of aromatic nitrogens is 2. The molecule has 0 bridgehead atoms. The number of imidazole rings is 1. The maximum atomic E-state index is 11.8. The first-order chi connectivity index (χ1) is 10.2. The molecule has 2 rings (SSSR count). The molecule has 0 aliphatic rings. The number of rotatable bonds is 7. The zero-order valence-electron chi connectivity index (χ0n) is 12.4. The zero-order chi connectivity index (χ0) is 15.1. The highest BCUT2D eigenvalue weighted by Crippen LogP contribution is 2.18. The lowest BCUT2D eigenvalue weighted by Gasteiger charge is -2.11. The molecule has 2 N–H and O–H groups in total. The van der Waals surface area contributed by atoms with Crippen LogP contribution in [-0.4, -0.2) is 27.4 Å². The number of thioether (sulfide) groups is 1. The summed E-state index contributed by atoms with van der Waals surface area (Å²) < 4.78 is 0. The second-order valence-electron chi connectivity index (χ2n) is 4.78. The molecule has 0 aliphatic heterocycles. The predicted octanol–water partition coefficient (Wildman–Crippen LogP) is 3.40. The number of H-pyrrole nitrogens is 1. The molecule has 2 aromatic rings. The highest BCUT2D eigenvalue weighted by atomic mass is 32.2. The molecular weight excluding hydrogens is 282 g/mol. The van der Waals surface area contributed by atoms with Gasteiger partial charge in [-0.25, -0.2) is 4.98 Å². The Morgan fingerprint density at radius 1 is 1.38 bits per heavy atom. The van der Waals surface area contributed by atoms with Crippen LogP contribution in [0.25, 0.3) is 11.3 Å². The van der Waals surface area contributed by atoms with Crippen LogP contribution in [0.15, 0.2) is 36.5 Å². The average molecular weight is 303 g/mol. The van der Waals surface area contributed by atoms with Gasteiger partial charge in [-0.1, -0.05) is 37.3 Å². The Morgan fingerprint density at radius 3 is 2.86 bits per heavy atom. The fraction of sp³-hybridized carbons (Fsp3) is 0.375. The van der Waals surface area contributed by atoms with E-state index in [1.165, 1.54) is 0 Å². The number of hydrogen-bond acceptors (Lipinski definition) is 3. The summed E-state index contributed by atoms with van der Waals surface area (Å²) in [7, 11) is 0. The molecule has 0 spiro atoms.